The summed E-state index contributed by atoms with van der Waals surface area (Å²) >= 11 is 0. The normalized spacial score (nSPS) is 15.1. The molecule has 1 fully saturated rings. The van der Waals surface area contributed by atoms with Crippen molar-refractivity contribution >= 4 is 11.4 Å². The summed E-state index contributed by atoms with van der Waals surface area (Å²) < 4.78 is 5.56. The van der Waals surface area contributed by atoms with Crippen molar-refractivity contribution < 1.29 is 4.74 Å². The van der Waals surface area contributed by atoms with Crippen LogP contribution in [-0.2, 0) is 4.74 Å². The molecule has 0 aliphatic heterocycles. The predicted molar refractivity (Wildman–Crippen MR) is 67.6 cm³/mol. The van der Waals surface area contributed by atoms with E-state index in [0.29, 0.717) is 0 Å². The Kier molecular flexibility index (Phi) is 3.67. The number of rotatable bonds is 6. The van der Waals surface area contributed by atoms with E-state index in [1.165, 1.54) is 12.8 Å². The predicted octanol–water partition coefficient (Wildman–Crippen LogP) is 2.42. The van der Waals surface area contributed by atoms with Gasteiger partial charge < -0.3 is 15.8 Å². The first-order valence-corrected chi connectivity index (χ1v) is 5.94. The monoisotopic (exact) mass is 220 g/mol. The van der Waals surface area contributed by atoms with Crippen molar-refractivity contribution in [1.82, 2.24) is 0 Å². The van der Waals surface area contributed by atoms with Crippen molar-refractivity contribution in [3.63, 3.8) is 0 Å². The first-order valence-electron chi connectivity index (χ1n) is 5.94. The summed E-state index contributed by atoms with van der Waals surface area (Å²) in [7, 11) is 0. The molecule has 16 heavy (non-hydrogen) atoms. The molecule has 3 N–H and O–H groups in total. The van der Waals surface area contributed by atoms with Crippen molar-refractivity contribution in [3.05, 3.63) is 23.8 Å². The van der Waals surface area contributed by atoms with Crippen LogP contribution < -0.4 is 11.1 Å². The molecule has 88 valence electrons. The van der Waals surface area contributed by atoms with Crippen LogP contribution in [0.5, 0.6) is 0 Å². The second-order valence-electron chi connectivity index (χ2n) is 4.46. The Labute approximate surface area is 97.0 Å². The molecule has 0 saturated heterocycles. The van der Waals surface area contributed by atoms with Gasteiger partial charge in [-0.05, 0) is 43.4 Å². The summed E-state index contributed by atoms with van der Waals surface area (Å²) in [6, 6.07) is 5.94. The lowest BCUT2D eigenvalue weighted by Crippen LogP contribution is -2.11. The van der Waals surface area contributed by atoms with Gasteiger partial charge in [0.1, 0.15) is 0 Å². The average molecular weight is 220 g/mol. The highest BCUT2D eigenvalue weighted by Gasteiger charge is 2.20. The van der Waals surface area contributed by atoms with E-state index in [-0.39, 0.29) is 0 Å². The molecule has 3 heteroatoms. The summed E-state index contributed by atoms with van der Waals surface area (Å²) in [5, 5.41) is 3.34. The minimum absolute atomic E-state index is 0.769. The Morgan fingerprint density at radius 3 is 3.00 bits per heavy atom. The standard InChI is InChI=1S/C13H20N2O/c1-10-12(14)3-2-4-13(10)15-7-8-16-9-11-5-6-11/h2-4,11,15H,5-9,14H2,1H3. The third-order valence-corrected chi connectivity index (χ3v) is 2.99. The summed E-state index contributed by atoms with van der Waals surface area (Å²) in [5.74, 6) is 0.842. The maximum atomic E-state index is 5.83. The second-order valence-corrected chi connectivity index (χ2v) is 4.46. The van der Waals surface area contributed by atoms with Crippen LogP contribution in [0.3, 0.4) is 0 Å². The topological polar surface area (TPSA) is 47.3 Å². The van der Waals surface area contributed by atoms with Crippen molar-refractivity contribution in [3.8, 4) is 0 Å². The lowest BCUT2D eigenvalue weighted by atomic mass is 10.1. The van der Waals surface area contributed by atoms with Gasteiger partial charge in [-0.3, -0.25) is 0 Å². The van der Waals surface area contributed by atoms with Crippen molar-refractivity contribution in [2.75, 3.05) is 30.8 Å². The zero-order valence-corrected chi connectivity index (χ0v) is 9.83. The summed E-state index contributed by atoms with van der Waals surface area (Å²) in [6.07, 6.45) is 2.70. The molecule has 3 nitrogen and oxygen atoms in total. The van der Waals surface area contributed by atoms with E-state index in [1.807, 2.05) is 25.1 Å². The lowest BCUT2D eigenvalue weighted by Gasteiger charge is -2.11. The molecule has 0 heterocycles. The molecule has 0 radical (unpaired) electrons. The third kappa shape index (κ3) is 3.14. The Bertz CT molecular complexity index is 348. The van der Waals surface area contributed by atoms with Gasteiger partial charge in [0.25, 0.3) is 0 Å². The third-order valence-electron chi connectivity index (χ3n) is 2.99. The van der Waals surface area contributed by atoms with Gasteiger partial charge in [-0.25, -0.2) is 0 Å². The van der Waals surface area contributed by atoms with Gasteiger partial charge in [-0.2, -0.15) is 0 Å². The first-order chi connectivity index (χ1) is 7.77. The summed E-state index contributed by atoms with van der Waals surface area (Å²) in [5.41, 5.74) is 8.89. The fourth-order valence-corrected chi connectivity index (χ4v) is 1.64. The van der Waals surface area contributed by atoms with Crippen LogP contribution in [0.2, 0.25) is 0 Å². The maximum Gasteiger partial charge on any atom is 0.0639 e. The Morgan fingerprint density at radius 2 is 2.25 bits per heavy atom. The van der Waals surface area contributed by atoms with Gasteiger partial charge in [0, 0.05) is 24.5 Å². The smallest absolute Gasteiger partial charge is 0.0639 e. The number of ether oxygens (including phenoxy) is 1. The second kappa shape index (κ2) is 5.21. The molecule has 0 atom stereocenters. The fraction of sp³-hybridized carbons (Fsp3) is 0.538. The zero-order valence-electron chi connectivity index (χ0n) is 9.83. The average Bonchev–Trinajstić information content (AvgIpc) is 3.07. The number of hydrogen-bond donors (Lipinski definition) is 2. The van der Waals surface area contributed by atoms with Gasteiger partial charge in [0.2, 0.25) is 0 Å². The highest BCUT2D eigenvalue weighted by Crippen LogP contribution is 2.28. The van der Waals surface area contributed by atoms with Crippen LogP contribution in [0.15, 0.2) is 18.2 Å². The molecular formula is C13H20N2O. The van der Waals surface area contributed by atoms with E-state index in [4.69, 9.17) is 10.5 Å². The largest absolute Gasteiger partial charge is 0.398 e. The first kappa shape index (κ1) is 11.3. The van der Waals surface area contributed by atoms with E-state index in [9.17, 15) is 0 Å². The molecule has 1 aliphatic rings. The fourth-order valence-electron chi connectivity index (χ4n) is 1.64. The highest BCUT2D eigenvalue weighted by molar-refractivity contribution is 5.62. The summed E-state index contributed by atoms with van der Waals surface area (Å²) in [6.45, 7) is 4.57. The Morgan fingerprint density at radius 1 is 1.44 bits per heavy atom. The van der Waals surface area contributed by atoms with Crippen LogP contribution >= 0.6 is 0 Å². The molecule has 2 rings (SSSR count). The zero-order chi connectivity index (χ0) is 11.4. The van der Waals surface area contributed by atoms with E-state index in [1.54, 1.807) is 0 Å². The maximum absolute atomic E-state index is 5.83. The molecule has 0 aromatic heterocycles. The number of nitrogens with one attached hydrogen (secondary N) is 1. The highest BCUT2D eigenvalue weighted by atomic mass is 16.5. The van der Waals surface area contributed by atoms with Crippen LogP contribution in [0, 0.1) is 12.8 Å². The van der Waals surface area contributed by atoms with E-state index >= 15 is 0 Å². The molecule has 1 saturated carbocycles. The molecule has 0 spiro atoms. The van der Waals surface area contributed by atoms with Crippen LogP contribution in [0.4, 0.5) is 11.4 Å². The lowest BCUT2D eigenvalue weighted by molar-refractivity contribution is 0.134. The summed E-state index contributed by atoms with van der Waals surface area (Å²) in [4.78, 5) is 0. The number of anilines is 2. The molecule has 0 unspecified atom stereocenters. The van der Waals surface area contributed by atoms with Crippen LogP contribution in [-0.4, -0.2) is 19.8 Å². The van der Waals surface area contributed by atoms with Gasteiger partial charge in [-0.15, -0.1) is 0 Å². The number of hydrogen-bond acceptors (Lipinski definition) is 3. The molecule has 0 bridgehead atoms. The van der Waals surface area contributed by atoms with E-state index < -0.39 is 0 Å². The van der Waals surface area contributed by atoms with Crippen LogP contribution in [0.25, 0.3) is 0 Å². The quantitative estimate of drug-likeness (QED) is 0.571. The number of nitrogens with two attached hydrogens (primary N) is 1. The van der Waals surface area contributed by atoms with Gasteiger partial charge in [0.05, 0.1) is 6.61 Å². The van der Waals surface area contributed by atoms with E-state index in [2.05, 4.69) is 5.32 Å². The molecule has 1 aliphatic carbocycles. The molecule has 1 aromatic rings. The minimum Gasteiger partial charge on any atom is -0.398 e. The van der Waals surface area contributed by atoms with Crippen molar-refractivity contribution in [2.45, 2.75) is 19.8 Å². The van der Waals surface area contributed by atoms with Crippen molar-refractivity contribution in [1.29, 1.82) is 0 Å². The molecule has 1 aromatic carbocycles. The van der Waals surface area contributed by atoms with Gasteiger partial charge in [0.15, 0.2) is 0 Å². The Hall–Kier alpha value is -1.22. The van der Waals surface area contributed by atoms with Crippen LogP contribution in [0.1, 0.15) is 18.4 Å². The SMILES string of the molecule is Cc1c(N)cccc1NCCOCC1CC1. The van der Waals surface area contributed by atoms with Crippen molar-refractivity contribution in [2.24, 2.45) is 5.92 Å². The van der Waals surface area contributed by atoms with Gasteiger partial charge >= 0.3 is 0 Å². The Balaban J connectivity index is 1.69. The van der Waals surface area contributed by atoms with E-state index in [0.717, 1.165) is 42.6 Å². The van der Waals surface area contributed by atoms with Gasteiger partial charge in [-0.1, -0.05) is 6.07 Å². The minimum atomic E-state index is 0.769. The number of nitrogen functional groups attached to an aromatic ring is 1. The molecule has 0 amide bonds. The molecular weight excluding hydrogens is 200 g/mol. The number of benzene rings is 1.